The summed E-state index contributed by atoms with van der Waals surface area (Å²) in [6.07, 6.45) is 0. The van der Waals surface area contributed by atoms with Gasteiger partial charge in [0.2, 0.25) is 0 Å². The molecule has 3 rings (SSSR count). The minimum absolute atomic E-state index is 0.0314. The van der Waals surface area contributed by atoms with Gasteiger partial charge in [-0.05, 0) is 36.8 Å². The van der Waals surface area contributed by atoms with Gasteiger partial charge < -0.3 is 10.6 Å². The highest BCUT2D eigenvalue weighted by Gasteiger charge is 2.13. The van der Waals surface area contributed by atoms with Crippen LogP contribution in [0.5, 0.6) is 0 Å². The molecule has 0 bridgehead atoms. The molecule has 0 aliphatic carbocycles. The van der Waals surface area contributed by atoms with Gasteiger partial charge in [-0.3, -0.25) is 4.79 Å². The first-order valence-corrected chi connectivity index (χ1v) is 8.02. The maximum absolute atomic E-state index is 13.8. The van der Waals surface area contributed by atoms with E-state index in [1.54, 1.807) is 19.1 Å². The molecule has 0 saturated heterocycles. The Morgan fingerprint density at radius 1 is 1.00 bits per heavy atom. The summed E-state index contributed by atoms with van der Waals surface area (Å²) in [5, 5.41) is 5.18. The van der Waals surface area contributed by atoms with Crippen LogP contribution in [0.2, 0.25) is 0 Å². The summed E-state index contributed by atoms with van der Waals surface area (Å²) in [6, 6.07) is 10.4. The van der Waals surface area contributed by atoms with Crippen LogP contribution in [0.25, 0.3) is 0 Å². The molecule has 0 aliphatic rings. The topological polar surface area (TPSA) is 66.9 Å². The van der Waals surface area contributed by atoms with E-state index in [0.29, 0.717) is 5.56 Å². The van der Waals surface area contributed by atoms with E-state index in [1.807, 2.05) is 0 Å². The van der Waals surface area contributed by atoms with E-state index in [-0.39, 0.29) is 35.4 Å². The summed E-state index contributed by atoms with van der Waals surface area (Å²) in [5.41, 5.74) is 0.374. The second-order valence-corrected chi connectivity index (χ2v) is 5.72. The van der Waals surface area contributed by atoms with Gasteiger partial charge in [0.05, 0.1) is 0 Å². The monoisotopic (exact) mass is 372 g/mol. The average Bonchev–Trinajstić information content (AvgIpc) is 2.64. The Morgan fingerprint density at radius 2 is 1.67 bits per heavy atom. The molecule has 0 saturated carbocycles. The van der Waals surface area contributed by atoms with E-state index in [1.165, 1.54) is 24.3 Å². The highest BCUT2D eigenvalue weighted by Crippen LogP contribution is 2.22. The van der Waals surface area contributed by atoms with Gasteiger partial charge in [0.1, 0.15) is 40.5 Å². The van der Waals surface area contributed by atoms with Crippen molar-refractivity contribution in [2.24, 2.45) is 0 Å². The van der Waals surface area contributed by atoms with E-state index in [9.17, 15) is 18.0 Å². The standard InChI is InChI=1S/C19H15F3N4O/c1-11-24-16(19(27)23-10-12-5-7-13(20)8-6-12)9-17(25-11)26-18-14(21)3-2-4-15(18)22/h2-9H,10H2,1H3,(H,23,27)(H,24,25,26). The molecule has 0 atom stereocenters. The first-order valence-electron chi connectivity index (χ1n) is 8.02. The summed E-state index contributed by atoms with van der Waals surface area (Å²) in [7, 11) is 0. The molecule has 0 spiro atoms. The number of para-hydroxylation sites is 1. The van der Waals surface area contributed by atoms with Crippen LogP contribution in [0.3, 0.4) is 0 Å². The number of benzene rings is 2. The number of nitrogens with zero attached hydrogens (tertiary/aromatic N) is 2. The van der Waals surface area contributed by atoms with Crippen molar-refractivity contribution in [1.29, 1.82) is 0 Å². The van der Waals surface area contributed by atoms with Crippen molar-refractivity contribution in [3.63, 3.8) is 0 Å². The molecule has 0 fully saturated rings. The first kappa shape index (κ1) is 18.4. The molecule has 1 aromatic heterocycles. The predicted molar refractivity (Wildman–Crippen MR) is 94.0 cm³/mol. The number of hydrogen-bond donors (Lipinski definition) is 2. The van der Waals surface area contributed by atoms with Gasteiger partial charge in [-0.15, -0.1) is 0 Å². The number of halogens is 3. The molecule has 0 aliphatic heterocycles. The Bertz CT molecular complexity index is 957. The van der Waals surface area contributed by atoms with Crippen LogP contribution in [0.4, 0.5) is 24.7 Å². The molecular formula is C19H15F3N4O. The van der Waals surface area contributed by atoms with E-state index >= 15 is 0 Å². The molecule has 2 aromatic carbocycles. The lowest BCUT2D eigenvalue weighted by Crippen LogP contribution is -2.24. The zero-order valence-corrected chi connectivity index (χ0v) is 14.3. The summed E-state index contributed by atoms with van der Waals surface area (Å²) in [5.74, 6) is -2.10. The zero-order chi connectivity index (χ0) is 19.4. The summed E-state index contributed by atoms with van der Waals surface area (Å²) < 4.78 is 40.5. The predicted octanol–water partition coefficient (Wildman–Crippen LogP) is 3.88. The fraction of sp³-hybridized carbons (Fsp3) is 0.105. The van der Waals surface area contributed by atoms with Crippen molar-refractivity contribution in [1.82, 2.24) is 15.3 Å². The van der Waals surface area contributed by atoms with E-state index in [2.05, 4.69) is 20.6 Å². The summed E-state index contributed by atoms with van der Waals surface area (Å²) in [4.78, 5) is 20.4. The number of nitrogens with one attached hydrogen (secondary N) is 2. The van der Waals surface area contributed by atoms with Gasteiger partial charge >= 0.3 is 0 Å². The number of carbonyl (C=O) groups is 1. The van der Waals surface area contributed by atoms with Gasteiger partial charge in [0.25, 0.3) is 5.91 Å². The highest BCUT2D eigenvalue weighted by atomic mass is 19.1. The third-order valence-electron chi connectivity index (χ3n) is 3.65. The molecule has 2 N–H and O–H groups in total. The molecule has 1 heterocycles. The molecule has 0 radical (unpaired) electrons. The van der Waals surface area contributed by atoms with Crippen molar-refractivity contribution in [2.45, 2.75) is 13.5 Å². The van der Waals surface area contributed by atoms with Crippen LogP contribution in [-0.2, 0) is 6.54 Å². The SMILES string of the molecule is Cc1nc(Nc2c(F)cccc2F)cc(C(=O)NCc2ccc(F)cc2)n1. The number of rotatable bonds is 5. The smallest absolute Gasteiger partial charge is 0.270 e. The van der Waals surface area contributed by atoms with Gasteiger partial charge in [-0.2, -0.15) is 0 Å². The van der Waals surface area contributed by atoms with Gasteiger partial charge in [-0.25, -0.2) is 23.1 Å². The van der Waals surface area contributed by atoms with Crippen LogP contribution < -0.4 is 10.6 Å². The Kier molecular flexibility index (Phi) is 5.35. The van der Waals surface area contributed by atoms with Gasteiger partial charge in [0, 0.05) is 12.6 Å². The number of aromatic nitrogens is 2. The van der Waals surface area contributed by atoms with Crippen molar-refractivity contribution < 1.29 is 18.0 Å². The second kappa shape index (κ2) is 7.86. The van der Waals surface area contributed by atoms with Crippen molar-refractivity contribution in [3.05, 3.63) is 83.1 Å². The normalized spacial score (nSPS) is 10.5. The van der Waals surface area contributed by atoms with Crippen LogP contribution in [-0.4, -0.2) is 15.9 Å². The first-order chi connectivity index (χ1) is 12.9. The minimum Gasteiger partial charge on any atom is -0.347 e. The minimum atomic E-state index is -0.784. The van der Waals surface area contributed by atoms with Crippen molar-refractivity contribution in [2.75, 3.05) is 5.32 Å². The van der Waals surface area contributed by atoms with Crippen LogP contribution in [0.15, 0.2) is 48.5 Å². The van der Waals surface area contributed by atoms with Crippen molar-refractivity contribution in [3.8, 4) is 0 Å². The largest absolute Gasteiger partial charge is 0.347 e. The Hall–Kier alpha value is -3.42. The Labute approximate surface area is 153 Å². The van der Waals surface area contributed by atoms with Crippen LogP contribution in [0.1, 0.15) is 21.9 Å². The molecule has 1 amide bonds. The number of amides is 1. The molecule has 0 unspecified atom stereocenters. The fourth-order valence-electron chi connectivity index (χ4n) is 2.37. The summed E-state index contributed by atoms with van der Waals surface area (Å²) >= 11 is 0. The number of hydrogen-bond acceptors (Lipinski definition) is 4. The molecule has 8 heteroatoms. The lowest BCUT2D eigenvalue weighted by atomic mass is 10.2. The lowest BCUT2D eigenvalue weighted by Gasteiger charge is -2.10. The Morgan fingerprint density at radius 3 is 2.33 bits per heavy atom. The fourth-order valence-corrected chi connectivity index (χ4v) is 2.37. The molecule has 3 aromatic rings. The molecule has 5 nitrogen and oxygen atoms in total. The van der Waals surface area contributed by atoms with Crippen molar-refractivity contribution >= 4 is 17.4 Å². The number of aryl methyl sites for hydroxylation is 1. The maximum atomic E-state index is 13.8. The Balaban J connectivity index is 1.76. The lowest BCUT2D eigenvalue weighted by molar-refractivity contribution is 0.0945. The van der Waals surface area contributed by atoms with Gasteiger partial charge in [0.15, 0.2) is 0 Å². The summed E-state index contributed by atoms with van der Waals surface area (Å²) in [6.45, 7) is 1.73. The van der Waals surface area contributed by atoms with E-state index in [4.69, 9.17) is 0 Å². The molecular weight excluding hydrogens is 357 g/mol. The van der Waals surface area contributed by atoms with E-state index < -0.39 is 17.5 Å². The third kappa shape index (κ3) is 4.60. The maximum Gasteiger partial charge on any atom is 0.270 e. The second-order valence-electron chi connectivity index (χ2n) is 5.72. The number of anilines is 2. The number of carbonyl (C=O) groups excluding carboxylic acids is 1. The zero-order valence-electron chi connectivity index (χ0n) is 14.3. The molecule has 27 heavy (non-hydrogen) atoms. The van der Waals surface area contributed by atoms with Crippen LogP contribution >= 0.6 is 0 Å². The quantitative estimate of drug-likeness (QED) is 0.713. The van der Waals surface area contributed by atoms with E-state index in [0.717, 1.165) is 12.1 Å². The average molecular weight is 372 g/mol. The van der Waals surface area contributed by atoms with Crippen LogP contribution in [0, 0.1) is 24.4 Å². The highest BCUT2D eigenvalue weighted by molar-refractivity contribution is 5.93. The third-order valence-corrected chi connectivity index (χ3v) is 3.65. The van der Waals surface area contributed by atoms with Gasteiger partial charge in [-0.1, -0.05) is 18.2 Å². The molecule has 138 valence electrons.